The minimum absolute atomic E-state index is 0. The molecule has 0 amide bonds. The molecule has 132 valence electrons. The predicted octanol–water partition coefficient (Wildman–Crippen LogP) is 5.49. The maximum atomic E-state index is 14.7. The van der Waals surface area contributed by atoms with Crippen molar-refractivity contribution in [2.24, 2.45) is 5.73 Å². The van der Waals surface area contributed by atoms with Gasteiger partial charge in [-0.25, -0.2) is 4.39 Å². The SMILES string of the molecule is CC[C@@H](N)c1ccc(Cl)c(Oc2ccc(-c3ccn[nH]3)cc2)c1F.Cl. The first-order chi connectivity index (χ1) is 11.6. The van der Waals surface area contributed by atoms with Gasteiger partial charge in [0.25, 0.3) is 0 Å². The van der Waals surface area contributed by atoms with E-state index in [4.69, 9.17) is 22.1 Å². The second-order valence-corrected chi connectivity index (χ2v) is 5.80. The number of rotatable bonds is 5. The number of benzene rings is 2. The summed E-state index contributed by atoms with van der Waals surface area (Å²) in [5.41, 5.74) is 8.17. The van der Waals surface area contributed by atoms with Crippen LogP contribution in [0.15, 0.2) is 48.7 Å². The van der Waals surface area contributed by atoms with E-state index in [9.17, 15) is 4.39 Å². The van der Waals surface area contributed by atoms with Crippen LogP contribution < -0.4 is 10.5 Å². The van der Waals surface area contributed by atoms with Crippen LogP contribution in [0.2, 0.25) is 5.02 Å². The maximum absolute atomic E-state index is 14.7. The molecule has 0 aliphatic rings. The number of aromatic nitrogens is 2. The number of nitrogens with two attached hydrogens (primary N) is 1. The van der Waals surface area contributed by atoms with E-state index in [1.54, 1.807) is 30.5 Å². The second-order valence-electron chi connectivity index (χ2n) is 5.39. The molecule has 3 aromatic rings. The fraction of sp³-hybridized carbons (Fsp3) is 0.167. The third-order valence-corrected chi connectivity index (χ3v) is 4.10. The number of hydrogen-bond donors (Lipinski definition) is 2. The molecule has 0 aliphatic carbocycles. The van der Waals surface area contributed by atoms with Crippen LogP contribution in [0.5, 0.6) is 11.5 Å². The fourth-order valence-electron chi connectivity index (χ4n) is 2.38. The van der Waals surface area contributed by atoms with Gasteiger partial charge in [-0.15, -0.1) is 12.4 Å². The highest BCUT2D eigenvalue weighted by Crippen LogP contribution is 2.36. The van der Waals surface area contributed by atoms with E-state index < -0.39 is 11.9 Å². The molecule has 1 aromatic heterocycles. The largest absolute Gasteiger partial charge is 0.453 e. The van der Waals surface area contributed by atoms with Gasteiger partial charge >= 0.3 is 0 Å². The van der Waals surface area contributed by atoms with Crippen LogP contribution in [0.25, 0.3) is 11.3 Å². The van der Waals surface area contributed by atoms with Crippen LogP contribution in [0, 0.1) is 5.82 Å². The first-order valence-corrected chi connectivity index (χ1v) is 7.99. The lowest BCUT2D eigenvalue weighted by Crippen LogP contribution is -2.11. The monoisotopic (exact) mass is 381 g/mol. The third kappa shape index (κ3) is 4.12. The van der Waals surface area contributed by atoms with Crippen molar-refractivity contribution in [1.29, 1.82) is 0 Å². The molecule has 0 saturated heterocycles. The number of halogens is 3. The van der Waals surface area contributed by atoms with Crippen LogP contribution >= 0.6 is 24.0 Å². The molecule has 3 N–H and O–H groups in total. The first kappa shape index (κ1) is 19.2. The molecule has 0 fully saturated rings. The lowest BCUT2D eigenvalue weighted by Gasteiger charge is -2.15. The number of ether oxygens (including phenoxy) is 1. The number of nitrogens with one attached hydrogen (secondary N) is 1. The molecule has 0 spiro atoms. The zero-order valence-corrected chi connectivity index (χ0v) is 15.1. The van der Waals surface area contributed by atoms with Crippen molar-refractivity contribution in [3.8, 4) is 22.8 Å². The van der Waals surface area contributed by atoms with Crippen LogP contribution in [-0.4, -0.2) is 10.2 Å². The van der Waals surface area contributed by atoms with Crippen molar-refractivity contribution in [1.82, 2.24) is 10.2 Å². The summed E-state index contributed by atoms with van der Waals surface area (Å²) in [7, 11) is 0. The van der Waals surface area contributed by atoms with E-state index in [2.05, 4.69) is 10.2 Å². The van der Waals surface area contributed by atoms with E-state index in [-0.39, 0.29) is 23.2 Å². The highest BCUT2D eigenvalue weighted by atomic mass is 35.5. The maximum Gasteiger partial charge on any atom is 0.181 e. The molecular weight excluding hydrogens is 364 g/mol. The van der Waals surface area contributed by atoms with E-state index in [0.717, 1.165) is 11.3 Å². The van der Waals surface area contributed by atoms with Crippen LogP contribution in [0.1, 0.15) is 24.9 Å². The Bertz CT molecular complexity index is 823. The van der Waals surface area contributed by atoms with E-state index in [1.165, 1.54) is 0 Å². The van der Waals surface area contributed by atoms with Crippen LogP contribution in [-0.2, 0) is 0 Å². The Balaban J connectivity index is 0.00000225. The summed E-state index contributed by atoms with van der Waals surface area (Å²) in [4.78, 5) is 0. The average molecular weight is 382 g/mol. The molecule has 2 aromatic carbocycles. The molecule has 7 heteroatoms. The Labute approximate surface area is 156 Å². The van der Waals surface area contributed by atoms with Gasteiger partial charge in [-0.2, -0.15) is 5.10 Å². The fourth-order valence-corrected chi connectivity index (χ4v) is 2.57. The van der Waals surface area contributed by atoms with Crippen molar-refractivity contribution in [3.63, 3.8) is 0 Å². The van der Waals surface area contributed by atoms with E-state index >= 15 is 0 Å². The molecule has 0 radical (unpaired) electrons. The molecule has 0 aliphatic heterocycles. The molecule has 3 rings (SSSR count). The van der Waals surface area contributed by atoms with Crippen molar-refractivity contribution < 1.29 is 9.13 Å². The normalized spacial score (nSPS) is 11.7. The van der Waals surface area contributed by atoms with Crippen LogP contribution in [0.3, 0.4) is 0 Å². The quantitative estimate of drug-likeness (QED) is 0.613. The first-order valence-electron chi connectivity index (χ1n) is 7.61. The van der Waals surface area contributed by atoms with Gasteiger partial charge in [0, 0.05) is 17.8 Å². The Kier molecular flexibility index (Phi) is 6.42. The average Bonchev–Trinajstić information content (AvgIpc) is 3.13. The summed E-state index contributed by atoms with van der Waals surface area (Å²) in [5.74, 6) is -0.0388. The highest BCUT2D eigenvalue weighted by Gasteiger charge is 2.18. The summed E-state index contributed by atoms with van der Waals surface area (Å²) < 4.78 is 20.3. The number of aromatic amines is 1. The Hall–Kier alpha value is -2.08. The number of hydrogen-bond acceptors (Lipinski definition) is 3. The molecule has 1 atom stereocenters. The zero-order chi connectivity index (χ0) is 17.1. The topological polar surface area (TPSA) is 63.9 Å². The van der Waals surface area contributed by atoms with Crippen molar-refractivity contribution >= 4 is 24.0 Å². The number of nitrogens with zero attached hydrogens (tertiary/aromatic N) is 1. The van der Waals surface area contributed by atoms with E-state index in [0.29, 0.717) is 17.7 Å². The zero-order valence-electron chi connectivity index (χ0n) is 13.5. The molecule has 1 heterocycles. The van der Waals surface area contributed by atoms with Crippen molar-refractivity contribution in [2.75, 3.05) is 0 Å². The van der Waals surface area contributed by atoms with Gasteiger partial charge in [-0.3, -0.25) is 5.10 Å². The highest BCUT2D eigenvalue weighted by molar-refractivity contribution is 6.32. The van der Waals surface area contributed by atoms with Gasteiger partial charge in [0.15, 0.2) is 11.6 Å². The second kappa shape index (κ2) is 8.34. The summed E-state index contributed by atoms with van der Waals surface area (Å²) in [6.45, 7) is 1.90. The van der Waals surface area contributed by atoms with Gasteiger partial charge in [0.2, 0.25) is 0 Å². The van der Waals surface area contributed by atoms with E-state index in [1.807, 2.05) is 25.1 Å². The molecule has 25 heavy (non-hydrogen) atoms. The molecule has 0 unspecified atom stereocenters. The van der Waals surface area contributed by atoms with Gasteiger partial charge in [0.05, 0.1) is 10.7 Å². The minimum atomic E-state index is -0.519. The summed E-state index contributed by atoms with van der Waals surface area (Å²) in [6.07, 6.45) is 2.30. The van der Waals surface area contributed by atoms with Crippen molar-refractivity contribution in [3.05, 3.63) is 65.1 Å². The van der Waals surface area contributed by atoms with Gasteiger partial charge in [-0.05, 0) is 48.4 Å². The molecule has 4 nitrogen and oxygen atoms in total. The predicted molar refractivity (Wildman–Crippen MR) is 100.0 cm³/mol. The van der Waals surface area contributed by atoms with Crippen LogP contribution in [0.4, 0.5) is 4.39 Å². The Morgan fingerprint density at radius 1 is 1.20 bits per heavy atom. The van der Waals surface area contributed by atoms with Gasteiger partial charge < -0.3 is 10.5 Å². The Morgan fingerprint density at radius 3 is 2.52 bits per heavy atom. The smallest absolute Gasteiger partial charge is 0.181 e. The van der Waals surface area contributed by atoms with Gasteiger partial charge in [0.1, 0.15) is 5.75 Å². The standard InChI is InChI=1S/C18H17ClFN3O.ClH/c1-2-15(21)13-7-8-14(19)18(17(13)20)24-12-5-3-11(4-6-12)16-9-10-22-23-16;/h3-10,15H,2,21H2,1H3,(H,22,23);1H/t15-;/m1./s1. The number of H-pyrrole nitrogens is 1. The lowest BCUT2D eigenvalue weighted by atomic mass is 10.0. The van der Waals surface area contributed by atoms with Crippen molar-refractivity contribution in [2.45, 2.75) is 19.4 Å². The van der Waals surface area contributed by atoms with Gasteiger partial charge in [-0.1, -0.05) is 24.6 Å². The lowest BCUT2D eigenvalue weighted by molar-refractivity contribution is 0.434. The molecule has 0 bridgehead atoms. The minimum Gasteiger partial charge on any atom is -0.453 e. The summed E-state index contributed by atoms with van der Waals surface area (Å²) >= 11 is 6.09. The summed E-state index contributed by atoms with van der Waals surface area (Å²) in [6, 6.07) is 11.9. The Morgan fingerprint density at radius 2 is 1.92 bits per heavy atom. The third-order valence-electron chi connectivity index (χ3n) is 3.80. The molecular formula is C18H18Cl2FN3O. The molecule has 0 saturated carbocycles. The summed E-state index contributed by atoms with van der Waals surface area (Å²) in [5, 5.41) is 7.00.